The molecular weight excluding hydrogens is 264 g/mol. The first-order chi connectivity index (χ1) is 10.2. The van der Waals surface area contributed by atoms with E-state index in [4.69, 9.17) is 0 Å². The summed E-state index contributed by atoms with van der Waals surface area (Å²) in [4.78, 5) is 13.9. The van der Waals surface area contributed by atoms with Gasteiger partial charge in [-0.1, -0.05) is 24.3 Å². The smallest absolute Gasteiger partial charge is 0.228 e. The van der Waals surface area contributed by atoms with E-state index in [0.29, 0.717) is 24.3 Å². The molecule has 1 aliphatic rings. The minimum absolute atomic E-state index is 0.00548. The monoisotopic (exact) mass is 278 g/mol. The third-order valence-corrected chi connectivity index (χ3v) is 3.61. The lowest BCUT2D eigenvalue weighted by atomic mass is 10.1. The summed E-state index contributed by atoms with van der Waals surface area (Å²) < 4.78 is 1.64. The van der Waals surface area contributed by atoms with Crippen LogP contribution < -0.4 is 4.90 Å². The molecule has 0 N–H and O–H groups in total. The summed E-state index contributed by atoms with van der Waals surface area (Å²) in [5.74, 6) is 0.648. The van der Waals surface area contributed by atoms with Crippen LogP contribution >= 0.6 is 0 Å². The number of amides is 1. The number of carbonyl (C=O) groups is 1. The minimum Gasteiger partial charge on any atom is -0.295 e. The van der Waals surface area contributed by atoms with Crippen LogP contribution in [0.25, 0.3) is 5.69 Å². The maximum absolute atomic E-state index is 12.2. The molecule has 104 valence electrons. The molecule has 5 heteroatoms. The Balaban J connectivity index is 2.10. The van der Waals surface area contributed by atoms with Crippen LogP contribution in [-0.2, 0) is 4.79 Å². The highest BCUT2D eigenvalue weighted by atomic mass is 16.2. The zero-order chi connectivity index (χ0) is 14.8. The predicted octanol–water partition coefficient (Wildman–Crippen LogP) is 2.28. The van der Waals surface area contributed by atoms with E-state index < -0.39 is 0 Å². The van der Waals surface area contributed by atoms with Gasteiger partial charge < -0.3 is 0 Å². The van der Waals surface area contributed by atoms with Gasteiger partial charge in [-0.2, -0.15) is 10.4 Å². The number of para-hydroxylation sites is 1. The van der Waals surface area contributed by atoms with Crippen LogP contribution in [0, 0.1) is 17.2 Å². The molecule has 1 unspecified atom stereocenters. The van der Waals surface area contributed by atoms with Crippen molar-refractivity contribution in [2.24, 2.45) is 5.92 Å². The normalized spacial score (nSPS) is 17.8. The minimum atomic E-state index is -0.00548. The quantitative estimate of drug-likeness (QED) is 0.809. The second kappa shape index (κ2) is 5.25. The van der Waals surface area contributed by atoms with Gasteiger partial charge in [0.15, 0.2) is 5.82 Å². The van der Waals surface area contributed by atoms with Gasteiger partial charge >= 0.3 is 0 Å². The number of nitriles is 1. The van der Waals surface area contributed by atoms with E-state index in [2.05, 4.69) is 17.7 Å². The van der Waals surface area contributed by atoms with Gasteiger partial charge in [-0.15, -0.1) is 6.58 Å². The molecule has 1 aliphatic heterocycles. The van der Waals surface area contributed by atoms with Crippen molar-refractivity contribution >= 4 is 11.7 Å². The fourth-order valence-corrected chi connectivity index (χ4v) is 2.54. The lowest BCUT2D eigenvalue weighted by molar-refractivity contribution is -0.117. The third-order valence-electron chi connectivity index (χ3n) is 3.61. The molecule has 0 spiro atoms. The Morgan fingerprint density at radius 1 is 1.38 bits per heavy atom. The van der Waals surface area contributed by atoms with Crippen LogP contribution in [0.1, 0.15) is 12.0 Å². The van der Waals surface area contributed by atoms with Crippen LogP contribution in [-0.4, -0.2) is 22.2 Å². The molecule has 1 fully saturated rings. The molecule has 0 aliphatic carbocycles. The fraction of sp³-hybridized carbons (Fsp3) is 0.188. The molecular formula is C16H14N4O. The zero-order valence-electron chi connectivity index (χ0n) is 11.4. The Hall–Kier alpha value is -2.87. The van der Waals surface area contributed by atoms with Gasteiger partial charge in [-0.25, -0.2) is 4.68 Å². The second-order valence-corrected chi connectivity index (χ2v) is 4.95. The molecule has 1 atom stereocenters. The number of benzene rings is 1. The van der Waals surface area contributed by atoms with Gasteiger partial charge in [0.05, 0.1) is 11.9 Å². The van der Waals surface area contributed by atoms with Crippen molar-refractivity contribution in [1.29, 1.82) is 5.26 Å². The Labute approximate surface area is 122 Å². The van der Waals surface area contributed by atoms with E-state index in [1.807, 2.05) is 30.3 Å². The highest BCUT2D eigenvalue weighted by molar-refractivity contribution is 5.96. The number of carbonyl (C=O) groups excluding carboxylic acids is 1. The SMILES string of the molecule is C=CC1CC(=O)N(c2c(C#N)cnn2-c2ccccc2)C1. The number of hydrogen-bond donors (Lipinski definition) is 0. The summed E-state index contributed by atoms with van der Waals surface area (Å²) in [7, 11) is 0. The van der Waals surface area contributed by atoms with Crippen molar-refractivity contribution in [3.63, 3.8) is 0 Å². The predicted molar refractivity (Wildman–Crippen MR) is 78.9 cm³/mol. The molecule has 2 heterocycles. The van der Waals surface area contributed by atoms with Crippen LogP contribution in [0.5, 0.6) is 0 Å². The first kappa shape index (κ1) is 13.1. The van der Waals surface area contributed by atoms with Crippen molar-refractivity contribution in [3.8, 4) is 11.8 Å². The zero-order valence-corrected chi connectivity index (χ0v) is 11.4. The molecule has 1 aromatic carbocycles. The van der Waals surface area contributed by atoms with Gasteiger partial charge in [0.25, 0.3) is 0 Å². The molecule has 1 saturated heterocycles. The number of anilines is 1. The van der Waals surface area contributed by atoms with E-state index in [1.165, 1.54) is 6.20 Å². The Morgan fingerprint density at radius 3 is 2.76 bits per heavy atom. The lowest BCUT2D eigenvalue weighted by Gasteiger charge is -2.18. The summed E-state index contributed by atoms with van der Waals surface area (Å²) >= 11 is 0. The largest absolute Gasteiger partial charge is 0.295 e. The Morgan fingerprint density at radius 2 is 2.14 bits per heavy atom. The molecule has 3 rings (SSSR count). The van der Waals surface area contributed by atoms with Crippen molar-refractivity contribution in [2.75, 3.05) is 11.4 Å². The molecule has 21 heavy (non-hydrogen) atoms. The van der Waals surface area contributed by atoms with E-state index in [0.717, 1.165) is 5.69 Å². The summed E-state index contributed by atoms with van der Waals surface area (Å²) in [6, 6.07) is 11.6. The summed E-state index contributed by atoms with van der Waals surface area (Å²) in [6.07, 6.45) is 3.71. The fourth-order valence-electron chi connectivity index (χ4n) is 2.54. The van der Waals surface area contributed by atoms with E-state index in [-0.39, 0.29) is 11.8 Å². The van der Waals surface area contributed by atoms with Gasteiger partial charge in [-0.3, -0.25) is 9.69 Å². The molecule has 1 amide bonds. The Bertz CT molecular complexity index is 726. The molecule has 5 nitrogen and oxygen atoms in total. The van der Waals surface area contributed by atoms with Crippen molar-refractivity contribution in [3.05, 3.63) is 54.7 Å². The molecule has 0 bridgehead atoms. The maximum atomic E-state index is 12.2. The number of rotatable bonds is 3. The number of hydrogen-bond acceptors (Lipinski definition) is 3. The van der Waals surface area contributed by atoms with E-state index in [9.17, 15) is 10.1 Å². The maximum Gasteiger partial charge on any atom is 0.228 e. The molecule has 0 saturated carbocycles. The highest BCUT2D eigenvalue weighted by Gasteiger charge is 2.33. The summed E-state index contributed by atoms with van der Waals surface area (Å²) in [6.45, 7) is 4.29. The average Bonchev–Trinajstić information content (AvgIpc) is 3.10. The molecule has 1 aromatic heterocycles. The van der Waals surface area contributed by atoms with Crippen LogP contribution in [0.2, 0.25) is 0 Å². The van der Waals surface area contributed by atoms with Gasteiger partial charge in [0.1, 0.15) is 11.6 Å². The summed E-state index contributed by atoms with van der Waals surface area (Å²) in [5.41, 5.74) is 1.22. The highest BCUT2D eigenvalue weighted by Crippen LogP contribution is 2.30. The van der Waals surface area contributed by atoms with Gasteiger partial charge in [0.2, 0.25) is 5.91 Å². The number of nitrogens with zero attached hydrogens (tertiary/aromatic N) is 4. The van der Waals surface area contributed by atoms with Crippen molar-refractivity contribution in [1.82, 2.24) is 9.78 Å². The second-order valence-electron chi connectivity index (χ2n) is 4.95. The van der Waals surface area contributed by atoms with Crippen molar-refractivity contribution in [2.45, 2.75) is 6.42 Å². The molecule has 0 radical (unpaired) electrons. The van der Waals surface area contributed by atoms with Crippen LogP contribution in [0.15, 0.2) is 49.2 Å². The summed E-state index contributed by atoms with van der Waals surface area (Å²) in [5, 5.41) is 13.5. The first-order valence-electron chi connectivity index (χ1n) is 6.71. The van der Waals surface area contributed by atoms with E-state index >= 15 is 0 Å². The van der Waals surface area contributed by atoms with Gasteiger partial charge in [-0.05, 0) is 12.1 Å². The van der Waals surface area contributed by atoms with Crippen LogP contribution in [0.3, 0.4) is 0 Å². The Kier molecular flexibility index (Phi) is 3.28. The lowest BCUT2D eigenvalue weighted by Crippen LogP contribution is -2.27. The standard InChI is InChI=1S/C16H14N4O/c1-2-12-8-15(21)19(11-12)16-13(9-17)10-18-20(16)14-6-4-3-5-7-14/h2-7,10,12H,1,8,11H2. The third kappa shape index (κ3) is 2.21. The van der Waals surface area contributed by atoms with Crippen LogP contribution in [0.4, 0.5) is 5.82 Å². The first-order valence-corrected chi connectivity index (χ1v) is 6.71. The topological polar surface area (TPSA) is 61.9 Å². The average molecular weight is 278 g/mol. The molecule has 2 aromatic rings. The van der Waals surface area contributed by atoms with Crippen molar-refractivity contribution < 1.29 is 4.79 Å². The number of aromatic nitrogens is 2. The van der Waals surface area contributed by atoms with Gasteiger partial charge in [0, 0.05) is 18.9 Å². The van der Waals surface area contributed by atoms with E-state index in [1.54, 1.807) is 15.7 Å².